The molecule has 2 nitrogen and oxygen atoms in total. The Balaban J connectivity index is 1.86. The molecule has 0 saturated carbocycles. The number of nitrogens with two attached hydrogens (primary N) is 1. The fourth-order valence-corrected chi connectivity index (χ4v) is 3.12. The van der Waals surface area contributed by atoms with Crippen molar-refractivity contribution in [2.24, 2.45) is 5.84 Å². The maximum atomic E-state index is 14.2. The first-order valence-corrected chi connectivity index (χ1v) is 7.10. The molecule has 1 aliphatic carbocycles. The Bertz CT molecular complexity index is 670. The van der Waals surface area contributed by atoms with E-state index in [0.717, 1.165) is 6.42 Å². The summed E-state index contributed by atoms with van der Waals surface area (Å²) in [5.41, 5.74) is 5.62. The van der Waals surface area contributed by atoms with Crippen molar-refractivity contribution in [1.29, 1.82) is 0 Å². The standard InChI is InChI=1S/C17H18F2N2/c1-10-6-7-14(18)16(17(10)19)15(21-20)9-12-8-11-4-2-3-5-13(11)12/h2-7,12,15,21H,8-9,20H2,1H3. The number of aryl methyl sites for hydroxylation is 1. The van der Waals surface area contributed by atoms with Gasteiger partial charge < -0.3 is 0 Å². The molecular weight excluding hydrogens is 270 g/mol. The van der Waals surface area contributed by atoms with Crippen LogP contribution in [0.15, 0.2) is 36.4 Å². The number of hydrogen-bond acceptors (Lipinski definition) is 2. The molecule has 1 aliphatic rings. The zero-order valence-corrected chi connectivity index (χ0v) is 11.9. The summed E-state index contributed by atoms with van der Waals surface area (Å²) in [7, 11) is 0. The van der Waals surface area contributed by atoms with Crippen molar-refractivity contribution >= 4 is 0 Å². The number of benzene rings is 2. The van der Waals surface area contributed by atoms with Gasteiger partial charge in [0.15, 0.2) is 0 Å². The topological polar surface area (TPSA) is 38.0 Å². The van der Waals surface area contributed by atoms with E-state index in [1.807, 2.05) is 12.1 Å². The van der Waals surface area contributed by atoms with E-state index in [4.69, 9.17) is 5.84 Å². The maximum absolute atomic E-state index is 14.2. The van der Waals surface area contributed by atoms with Crippen LogP contribution < -0.4 is 11.3 Å². The molecule has 0 spiro atoms. The van der Waals surface area contributed by atoms with E-state index in [9.17, 15) is 8.78 Å². The summed E-state index contributed by atoms with van der Waals surface area (Å²) in [5.74, 6) is 4.79. The second-order valence-corrected chi connectivity index (χ2v) is 5.65. The van der Waals surface area contributed by atoms with E-state index in [1.54, 1.807) is 6.92 Å². The molecule has 4 heteroatoms. The third-order valence-electron chi connectivity index (χ3n) is 4.35. The molecule has 0 fully saturated rings. The van der Waals surface area contributed by atoms with Gasteiger partial charge in [-0.1, -0.05) is 30.3 Å². The van der Waals surface area contributed by atoms with Crippen molar-refractivity contribution in [3.63, 3.8) is 0 Å². The summed E-state index contributed by atoms with van der Waals surface area (Å²) in [6.07, 6.45) is 1.52. The summed E-state index contributed by atoms with van der Waals surface area (Å²) in [6.45, 7) is 1.63. The average Bonchev–Trinajstić information content (AvgIpc) is 2.47. The molecule has 3 N–H and O–H groups in total. The Morgan fingerprint density at radius 1 is 1.24 bits per heavy atom. The molecule has 2 atom stereocenters. The van der Waals surface area contributed by atoms with Crippen LogP contribution in [0, 0.1) is 18.6 Å². The van der Waals surface area contributed by atoms with Crippen LogP contribution in [-0.2, 0) is 6.42 Å². The van der Waals surface area contributed by atoms with Gasteiger partial charge in [-0.25, -0.2) is 8.78 Å². The second kappa shape index (κ2) is 5.54. The number of fused-ring (bicyclic) bond motifs is 1. The molecule has 21 heavy (non-hydrogen) atoms. The summed E-state index contributed by atoms with van der Waals surface area (Å²) >= 11 is 0. The Kier molecular flexibility index (Phi) is 3.74. The van der Waals surface area contributed by atoms with Gasteiger partial charge in [0.1, 0.15) is 11.6 Å². The van der Waals surface area contributed by atoms with Crippen molar-refractivity contribution in [2.75, 3.05) is 0 Å². The fourth-order valence-electron chi connectivity index (χ4n) is 3.12. The number of halogens is 2. The predicted molar refractivity (Wildman–Crippen MR) is 78.7 cm³/mol. The Hall–Kier alpha value is -1.78. The van der Waals surface area contributed by atoms with Crippen molar-refractivity contribution in [1.82, 2.24) is 5.43 Å². The first-order chi connectivity index (χ1) is 10.1. The molecule has 0 bridgehead atoms. The van der Waals surface area contributed by atoms with E-state index in [0.29, 0.717) is 17.9 Å². The van der Waals surface area contributed by atoms with Crippen LogP contribution in [0.5, 0.6) is 0 Å². The van der Waals surface area contributed by atoms with Crippen LogP contribution >= 0.6 is 0 Å². The molecule has 2 unspecified atom stereocenters. The highest BCUT2D eigenvalue weighted by Gasteiger charge is 2.30. The molecule has 0 saturated heterocycles. The van der Waals surface area contributed by atoms with Crippen molar-refractivity contribution < 1.29 is 8.78 Å². The lowest BCUT2D eigenvalue weighted by Crippen LogP contribution is -2.33. The molecule has 0 heterocycles. The lowest BCUT2D eigenvalue weighted by molar-refractivity contribution is 0.404. The molecule has 0 aliphatic heterocycles. The van der Waals surface area contributed by atoms with Gasteiger partial charge in [-0.05, 0) is 48.4 Å². The van der Waals surface area contributed by atoms with Gasteiger partial charge in [0.25, 0.3) is 0 Å². The highest BCUT2D eigenvalue weighted by atomic mass is 19.1. The third-order valence-corrected chi connectivity index (χ3v) is 4.35. The Morgan fingerprint density at radius 3 is 2.71 bits per heavy atom. The Labute approximate surface area is 122 Å². The number of rotatable bonds is 4. The van der Waals surface area contributed by atoms with Gasteiger partial charge in [-0.15, -0.1) is 0 Å². The van der Waals surface area contributed by atoms with Crippen LogP contribution in [0.2, 0.25) is 0 Å². The van der Waals surface area contributed by atoms with Crippen LogP contribution in [0.25, 0.3) is 0 Å². The van der Waals surface area contributed by atoms with Crippen LogP contribution in [-0.4, -0.2) is 0 Å². The maximum Gasteiger partial charge on any atom is 0.133 e. The quantitative estimate of drug-likeness (QED) is 0.667. The van der Waals surface area contributed by atoms with Crippen LogP contribution in [0.3, 0.4) is 0 Å². The summed E-state index contributed by atoms with van der Waals surface area (Å²) in [5, 5.41) is 0. The Morgan fingerprint density at radius 2 is 2.00 bits per heavy atom. The van der Waals surface area contributed by atoms with Crippen molar-refractivity contribution in [3.05, 3.63) is 70.3 Å². The molecule has 2 aromatic carbocycles. The first-order valence-electron chi connectivity index (χ1n) is 7.10. The smallest absolute Gasteiger partial charge is 0.133 e. The first kappa shape index (κ1) is 14.2. The molecular formula is C17H18F2N2. The summed E-state index contributed by atoms with van der Waals surface area (Å²) < 4.78 is 28.2. The number of nitrogens with one attached hydrogen (secondary N) is 1. The van der Waals surface area contributed by atoms with Gasteiger partial charge in [-0.2, -0.15) is 0 Å². The minimum atomic E-state index is -0.548. The number of hydrazine groups is 1. The third kappa shape index (κ3) is 2.45. The van der Waals surface area contributed by atoms with Gasteiger partial charge in [0.05, 0.1) is 6.04 Å². The van der Waals surface area contributed by atoms with Gasteiger partial charge in [-0.3, -0.25) is 11.3 Å². The summed E-state index contributed by atoms with van der Waals surface area (Å²) in [4.78, 5) is 0. The van der Waals surface area contributed by atoms with E-state index < -0.39 is 17.7 Å². The largest absolute Gasteiger partial charge is 0.271 e. The highest BCUT2D eigenvalue weighted by molar-refractivity contribution is 5.40. The zero-order valence-electron chi connectivity index (χ0n) is 11.9. The van der Waals surface area contributed by atoms with E-state index in [2.05, 4.69) is 17.6 Å². The molecule has 0 amide bonds. The number of hydrogen-bond donors (Lipinski definition) is 2. The van der Waals surface area contributed by atoms with Crippen molar-refractivity contribution in [2.45, 2.75) is 31.7 Å². The zero-order chi connectivity index (χ0) is 15.0. The minimum Gasteiger partial charge on any atom is -0.271 e. The molecule has 0 radical (unpaired) electrons. The fraction of sp³-hybridized carbons (Fsp3) is 0.294. The monoisotopic (exact) mass is 288 g/mol. The van der Waals surface area contributed by atoms with E-state index in [-0.39, 0.29) is 5.56 Å². The minimum absolute atomic E-state index is 0.0434. The molecule has 110 valence electrons. The molecule has 0 aromatic heterocycles. The lowest BCUT2D eigenvalue weighted by Gasteiger charge is -2.33. The van der Waals surface area contributed by atoms with Crippen LogP contribution in [0.4, 0.5) is 8.78 Å². The van der Waals surface area contributed by atoms with Crippen LogP contribution in [0.1, 0.15) is 40.6 Å². The van der Waals surface area contributed by atoms with E-state index in [1.165, 1.54) is 23.3 Å². The summed E-state index contributed by atoms with van der Waals surface area (Å²) in [6, 6.07) is 10.4. The highest BCUT2D eigenvalue weighted by Crippen LogP contribution is 2.41. The van der Waals surface area contributed by atoms with Gasteiger partial charge >= 0.3 is 0 Å². The van der Waals surface area contributed by atoms with Crippen molar-refractivity contribution in [3.8, 4) is 0 Å². The van der Waals surface area contributed by atoms with E-state index >= 15 is 0 Å². The molecule has 3 rings (SSSR count). The lowest BCUT2D eigenvalue weighted by atomic mass is 9.73. The van der Waals surface area contributed by atoms with Gasteiger partial charge in [0, 0.05) is 5.56 Å². The SMILES string of the molecule is Cc1ccc(F)c(C(CC2Cc3ccccc32)NN)c1F. The van der Waals surface area contributed by atoms with Gasteiger partial charge in [0.2, 0.25) is 0 Å². The normalized spacial score (nSPS) is 18.0. The molecule has 2 aromatic rings. The second-order valence-electron chi connectivity index (χ2n) is 5.65. The average molecular weight is 288 g/mol. The predicted octanol–water partition coefficient (Wildman–Crippen LogP) is 3.51.